The number of nitrogens with zero attached hydrogens (tertiary/aromatic N) is 2. The minimum atomic E-state index is -0.0740. The highest BCUT2D eigenvalue weighted by Gasteiger charge is 2.04. The van der Waals surface area contributed by atoms with Gasteiger partial charge in [0.2, 0.25) is 0 Å². The van der Waals surface area contributed by atoms with Crippen LogP contribution in [0.1, 0.15) is 15.9 Å². The minimum absolute atomic E-state index is 0.0740. The molecule has 1 aromatic heterocycles. The van der Waals surface area contributed by atoms with Gasteiger partial charge in [-0.25, -0.2) is 0 Å². The Bertz CT molecular complexity index is 530. The molecule has 0 aliphatic carbocycles. The molecule has 5 heteroatoms. The van der Waals surface area contributed by atoms with E-state index in [0.717, 1.165) is 5.56 Å². The van der Waals surface area contributed by atoms with Gasteiger partial charge in [-0.1, -0.05) is 17.7 Å². The predicted molar refractivity (Wildman–Crippen MR) is 70.2 cm³/mol. The van der Waals surface area contributed by atoms with Crippen LogP contribution in [0, 0.1) is 6.92 Å². The van der Waals surface area contributed by atoms with Gasteiger partial charge in [-0.3, -0.25) is 9.48 Å². The molecule has 3 N–H and O–H groups in total. The second-order valence-electron chi connectivity index (χ2n) is 4.16. The Labute approximate surface area is 106 Å². The number of aryl methyl sites for hydroxylation is 1. The van der Waals surface area contributed by atoms with Gasteiger partial charge in [0, 0.05) is 18.3 Å². The standard InChI is InChI=1S/C13H16N4O/c1-10-2-4-11(5-3-10)13(18)15-6-7-17-9-12(14)8-16-17/h2-5,8-9H,6-7,14H2,1H3,(H,15,18). The molecule has 2 rings (SSSR count). The Hall–Kier alpha value is -2.30. The number of amides is 1. The van der Waals surface area contributed by atoms with Crippen molar-refractivity contribution in [1.82, 2.24) is 15.1 Å². The lowest BCUT2D eigenvalue weighted by atomic mass is 10.1. The van der Waals surface area contributed by atoms with Crippen molar-refractivity contribution in [3.63, 3.8) is 0 Å². The summed E-state index contributed by atoms with van der Waals surface area (Å²) in [4.78, 5) is 11.8. The van der Waals surface area contributed by atoms with Crippen LogP contribution in [0.15, 0.2) is 36.7 Å². The van der Waals surface area contributed by atoms with Crippen molar-refractivity contribution in [2.75, 3.05) is 12.3 Å². The lowest BCUT2D eigenvalue weighted by molar-refractivity contribution is 0.0952. The van der Waals surface area contributed by atoms with E-state index < -0.39 is 0 Å². The quantitative estimate of drug-likeness (QED) is 0.849. The summed E-state index contributed by atoms with van der Waals surface area (Å²) in [6.07, 6.45) is 3.32. The highest BCUT2D eigenvalue weighted by atomic mass is 16.1. The number of carbonyl (C=O) groups excluding carboxylic acids is 1. The van der Waals surface area contributed by atoms with E-state index in [4.69, 9.17) is 5.73 Å². The van der Waals surface area contributed by atoms with Crippen molar-refractivity contribution in [1.29, 1.82) is 0 Å². The van der Waals surface area contributed by atoms with Crippen LogP contribution in [0.25, 0.3) is 0 Å². The van der Waals surface area contributed by atoms with Crippen molar-refractivity contribution in [3.05, 3.63) is 47.8 Å². The number of hydrogen-bond donors (Lipinski definition) is 2. The second kappa shape index (κ2) is 5.35. The molecule has 2 aromatic rings. The van der Waals surface area contributed by atoms with Gasteiger partial charge in [0.15, 0.2) is 0 Å². The number of benzene rings is 1. The molecule has 5 nitrogen and oxygen atoms in total. The summed E-state index contributed by atoms with van der Waals surface area (Å²) in [5, 5.41) is 6.87. The molecule has 1 heterocycles. The second-order valence-corrected chi connectivity index (χ2v) is 4.16. The molecule has 0 unspecified atom stereocenters. The van der Waals surface area contributed by atoms with Gasteiger partial charge in [0.1, 0.15) is 0 Å². The fourth-order valence-corrected chi connectivity index (χ4v) is 1.59. The average molecular weight is 244 g/mol. The third-order valence-electron chi connectivity index (χ3n) is 2.59. The van der Waals surface area contributed by atoms with Gasteiger partial charge < -0.3 is 11.1 Å². The molecule has 0 aliphatic rings. The Balaban J connectivity index is 1.83. The van der Waals surface area contributed by atoms with Gasteiger partial charge in [-0.05, 0) is 19.1 Å². The zero-order valence-corrected chi connectivity index (χ0v) is 10.3. The first kappa shape index (κ1) is 12.2. The average Bonchev–Trinajstić information content (AvgIpc) is 2.76. The Morgan fingerprint density at radius 2 is 2.11 bits per heavy atom. The number of nitrogen functional groups attached to an aromatic ring is 1. The molecule has 0 saturated heterocycles. The van der Waals surface area contributed by atoms with Crippen LogP contribution in [0.5, 0.6) is 0 Å². The Morgan fingerprint density at radius 3 is 2.72 bits per heavy atom. The van der Waals surface area contributed by atoms with Crippen molar-refractivity contribution < 1.29 is 4.79 Å². The lowest BCUT2D eigenvalue weighted by Crippen LogP contribution is -2.27. The monoisotopic (exact) mass is 244 g/mol. The maximum atomic E-state index is 11.8. The Kier molecular flexibility index (Phi) is 3.62. The van der Waals surface area contributed by atoms with E-state index in [1.165, 1.54) is 0 Å². The van der Waals surface area contributed by atoms with Crippen LogP contribution in [-0.4, -0.2) is 22.2 Å². The molecule has 18 heavy (non-hydrogen) atoms. The van der Waals surface area contributed by atoms with Crippen LogP contribution >= 0.6 is 0 Å². The minimum Gasteiger partial charge on any atom is -0.396 e. The molecule has 0 spiro atoms. The zero-order valence-electron chi connectivity index (χ0n) is 10.3. The highest BCUT2D eigenvalue weighted by molar-refractivity contribution is 5.94. The van der Waals surface area contributed by atoms with Crippen LogP contribution in [0.3, 0.4) is 0 Å². The molecule has 0 aliphatic heterocycles. The smallest absolute Gasteiger partial charge is 0.251 e. The first-order chi connectivity index (χ1) is 8.65. The van der Waals surface area contributed by atoms with Gasteiger partial charge >= 0.3 is 0 Å². The maximum Gasteiger partial charge on any atom is 0.251 e. The summed E-state index contributed by atoms with van der Waals surface area (Å²) < 4.78 is 1.70. The zero-order chi connectivity index (χ0) is 13.0. The number of nitrogens with two attached hydrogens (primary N) is 1. The predicted octanol–water partition coefficient (Wildman–Crippen LogP) is 1.20. The van der Waals surface area contributed by atoms with Gasteiger partial charge in [0.05, 0.1) is 18.4 Å². The maximum absolute atomic E-state index is 11.8. The summed E-state index contributed by atoms with van der Waals surface area (Å²) in [6.45, 7) is 3.12. The van der Waals surface area contributed by atoms with E-state index in [-0.39, 0.29) is 5.91 Å². The van der Waals surface area contributed by atoms with E-state index in [2.05, 4.69) is 10.4 Å². The summed E-state index contributed by atoms with van der Waals surface area (Å²) in [5.74, 6) is -0.0740. The van der Waals surface area contributed by atoms with Crippen molar-refractivity contribution >= 4 is 11.6 Å². The number of aromatic nitrogens is 2. The van der Waals surface area contributed by atoms with Gasteiger partial charge in [-0.2, -0.15) is 5.10 Å². The molecule has 0 fully saturated rings. The molecule has 0 bridgehead atoms. The number of rotatable bonds is 4. The first-order valence-electron chi connectivity index (χ1n) is 5.78. The molecule has 0 saturated carbocycles. The highest BCUT2D eigenvalue weighted by Crippen LogP contribution is 2.02. The van der Waals surface area contributed by atoms with E-state index in [1.807, 2.05) is 31.2 Å². The molecule has 1 amide bonds. The normalized spacial score (nSPS) is 10.3. The van der Waals surface area contributed by atoms with Crippen LogP contribution in [0.2, 0.25) is 0 Å². The Morgan fingerprint density at radius 1 is 1.39 bits per heavy atom. The SMILES string of the molecule is Cc1ccc(C(=O)NCCn2cc(N)cn2)cc1. The van der Waals surface area contributed by atoms with Crippen LogP contribution in [0.4, 0.5) is 5.69 Å². The van der Waals surface area contributed by atoms with Gasteiger partial charge in [0.25, 0.3) is 5.91 Å². The van der Waals surface area contributed by atoms with E-state index >= 15 is 0 Å². The fourth-order valence-electron chi connectivity index (χ4n) is 1.59. The summed E-state index contributed by atoms with van der Waals surface area (Å²) in [5.41, 5.74) is 7.97. The number of nitrogens with one attached hydrogen (secondary N) is 1. The summed E-state index contributed by atoms with van der Waals surface area (Å²) in [6, 6.07) is 7.47. The van der Waals surface area contributed by atoms with Crippen molar-refractivity contribution in [3.8, 4) is 0 Å². The summed E-state index contributed by atoms with van der Waals surface area (Å²) in [7, 11) is 0. The molecule has 94 valence electrons. The molecule has 0 radical (unpaired) electrons. The third kappa shape index (κ3) is 3.10. The molecule has 0 atom stereocenters. The van der Waals surface area contributed by atoms with Crippen LogP contribution < -0.4 is 11.1 Å². The van der Waals surface area contributed by atoms with Gasteiger partial charge in [-0.15, -0.1) is 0 Å². The van der Waals surface area contributed by atoms with Crippen LogP contribution in [-0.2, 0) is 6.54 Å². The number of hydrogen-bond acceptors (Lipinski definition) is 3. The van der Waals surface area contributed by atoms with Crippen molar-refractivity contribution in [2.24, 2.45) is 0 Å². The lowest BCUT2D eigenvalue weighted by Gasteiger charge is -2.05. The molecule has 1 aromatic carbocycles. The topological polar surface area (TPSA) is 72.9 Å². The third-order valence-corrected chi connectivity index (χ3v) is 2.59. The fraction of sp³-hybridized carbons (Fsp3) is 0.231. The van der Waals surface area contributed by atoms with Crippen molar-refractivity contribution in [2.45, 2.75) is 13.5 Å². The first-order valence-corrected chi connectivity index (χ1v) is 5.78. The number of anilines is 1. The summed E-state index contributed by atoms with van der Waals surface area (Å²) >= 11 is 0. The van der Waals surface area contributed by atoms with E-state index in [1.54, 1.807) is 17.1 Å². The molecular formula is C13H16N4O. The van der Waals surface area contributed by atoms with E-state index in [9.17, 15) is 4.79 Å². The largest absolute Gasteiger partial charge is 0.396 e. The number of carbonyl (C=O) groups is 1. The van der Waals surface area contributed by atoms with E-state index in [0.29, 0.717) is 24.3 Å². The molecular weight excluding hydrogens is 228 g/mol.